The number of amides is 1. The highest BCUT2D eigenvalue weighted by atomic mass is 32.1. The quantitative estimate of drug-likeness (QED) is 0.481. The Morgan fingerprint density at radius 1 is 1.50 bits per heavy atom. The van der Waals surface area contributed by atoms with Crippen LogP contribution < -0.4 is 0 Å². The minimum absolute atomic E-state index is 2.05. The summed E-state index contributed by atoms with van der Waals surface area (Å²) in [5, 5.41) is 0. The number of carbonyl (C=O) groups excluding carboxylic acids is 1. The van der Waals surface area contributed by atoms with Crippen LogP contribution in [0.15, 0.2) is 4.36 Å². The van der Waals surface area contributed by atoms with Crippen molar-refractivity contribution in [2.75, 3.05) is 0 Å². The molecule has 0 N–H and O–H groups in total. The second-order valence-electron chi connectivity index (χ2n) is 0.915. The van der Waals surface area contributed by atoms with E-state index < -0.39 is 12.1 Å². The van der Waals surface area contributed by atoms with Gasteiger partial charge in [0.15, 0.2) is 0 Å². The van der Waals surface area contributed by atoms with Crippen LogP contribution in [-0.2, 0) is 17.2 Å². The molecule has 0 aliphatic rings. The summed E-state index contributed by atoms with van der Waals surface area (Å²) < 4.78 is 35.1. The molecule has 0 saturated heterocycles. The van der Waals surface area contributed by atoms with Crippen LogP contribution in [0.4, 0.5) is 13.2 Å². The van der Waals surface area contributed by atoms with E-state index in [4.69, 9.17) is 0 Å². The number of hydrogen-bond acceptors (Lipinski definition) is 1. The van der Waals surface area contributed by atoms with Gasteiger partial charge in [-0.15, -0.1) is 12.4 Å². The highest BCUT2D eigenvalue weighted by molar-refractivity contribution is 7.47. The largest absolute Gasteiger partial charge is 0.474 e. The third kappa shape index (κ3) is 2.06. The first-order valence-electron chi connectivity index (χ1n) is 1.47. The van der Waals surface area contributed by atoms with Crippen molar-refractivity contribution in [2.45, 2.75) is 6.18 Å². The molecule has 0 rings (SSSR count). The van der Waals surface area contributed by atoms with E-state index >= 15 is 0 Å². The average Bonchev–Trinajstić information content (AvgIpc) is 1.62. The Kier molecular flexibility index (Phi) is 2.14. The molecule has 0 aromatic rings. The third-order valence-electron chi connectivity index (χ3n) is 0.344. The van der Waals surface area contributed by atoms with Crippen LogP contribution in [0.5, 0.6) is 0 Å². The molecular formula is C2H2F3NOS. The maximum atomic E-state index is 11.0. The predicted octanol–water partition coefficient (Wildman–Crippen LogP) is 0.270. The van der Waals surface area contributed by atoms with Crippen molar-refractivity contribution in [3.05, 3.63) is 0 Å². The van der Waals surface area contributed by atoms with Crippen LogP contribution in [0.2, 0.25) is 0 Å². The molecule has 8 heavy (non-hydrogen) atoms. The van der Waals surface area contributed by atoms with Gasteiger partial charge in [-0.25, -0.2) is 0 Å². The van der Waals surface area contributed by atoms with Crippen molar-refractivity contribution >= 4 is 18.3 Å². The lowest BCUT2D eigenvalue weighted by atomic mass is 10.6. The zero-order chi connectivity index (χ0) is 6.78. The lowest BCUT2D eigenvalue weighted by Crippen LogP contribution is -2.19. The van der Waals surface area contributed by atoms with E-state index in [1.807, 2.05) is 0 Å². The van der Waals surface area contributed by atoms with Crippen LogP contribution in [0.3, 0.4) is 0 Å². The van der Waals surface area contributed by atoms with Gasteiger partial charge in [-0.2, -0.15) is 17.5 Å². The number of alkyl halides is 3. The van der Waals surface area contributed by atoms with Crippen LogP contribution in [0.25, 0.3) is 0 Å². The molecule has 0 heterocycles. The Balaban J connectivity index is 4.02. The molecule has 0 radical (unpaired) electrons. The summed E-state index contributed by atoms with van der Waals surface area (Å²) in [6.07, 6.45) is -4.85. The fourth-order valence-corrected chi connectivity index (χ4v) is 0.190. The van der Waals surface area contributed by atoms with E-state index in [0.717, 1.165) is 0 Å². The minimum atomic E-state index is -4.85. The number of halogens is 3. The van der Waals surface area contributed by atoms with Crippen molar-refractivity contribution in [1.82, 2.24) is 0 Å². The monoisotopic (exact) mass is 145 g/mol. The minimum Gasteiger partial charge on any atom is -0.261 e. The lowest BCUT2D eigenvalue weighted by Gasteiger charge is -1.95. The topological polar surface area (TPSA) is 29.4 Å². The molecule has 0 unspecified atom stereocenters. The molecular weight excluding hydrogens is 143 g/mol. The van der Waals surface area contributed by atoms with E-state index in [-0.39, 0.29) is 0 Å². The molecule has 0 aromatic heterocycles. The SMILES string of the molecule is O=C(N=[SH2])C(F)(F)F. The van der Waals surface area contributed by atoms with Gasteiger partial charge in [0, 0.05) is 0 Å². The van der Waals surface area contributed by atoms with Crippen molar-refractivity contribution < 1.29 is 18.0 Å². The van der Waals surface area contributed by atoms with Crippen molar-refractivity contribution in [1.29, 1.82) is 0 Å². The predicted molar refractivity (Wildman–Crippen MR) is 23.6 cm³/mol. The molecule has 0 aromatic carbocycles. The normalized spacial score (nSPS) is 11.0. The summed E-state index contributed by atoms with van der Waals surface area (Å²) in [6, 6.07) is 0. The molecule has 2 nitrogen and oxygen atoms in total. The summed E-state index contributed by atoms with van der Waals surface area (Å²) in [7, 11) is 0. The van der Waals surface area contributed by atoms with Crippen LogP contribution >= 0.6 is 0 Å². The molecule has 0 spiro atoms. The first-order valence-corrected chi connectivity index (χ1v) is 1.92. The molecule has 0 aliphatic carbocycles. The Bertz CT molecular complexity index is 119. The van der Waals surface area contributed by atoms with E-state index in [2.05, 4.69) is 16.8 Å². The molecule has 0 saturated carbocycles. The second-order valence-corrected chi connectivity index (χ2v) is 1.14. The Hall–Kier alpha value is -0.390. The molecule has 1 amide bonds. The Labute approximate surface area is 47.9 Å². The molecule has 0 fully saturated rings. The zero-order valence-electron chi connectivity index (χ0n) is 3.49. The maximum absolute atomic E-state index is 11.0. The summed E-state index contributed by atoms with van der Waals surface area (Å²) in [5.74, 6) is -2.13. The van der Waals surface area contributed by atoms with Crippen LogP contribution in [0.1, 0.15) is 0 Å². The van der Waals surface area contributed by atoms with Crippen LogP contribution in [-0.4, -0.2) is 12.1 Å². The Morgan fingerprint density at radius 2 is 1.88 bits per heavy atom. The van der Waals surface area contributed by atoms with Gasteiger partial charge in [0.1, 0.15) is 0 Å². The fourth-order valence-electron chi connectivity index (χ4n) is 0.0634. The average molecular weight is 145 g/mol. The van der Waals surface area contributed by atoms with E-state index in [1.54, 1.807) is 0 Å². The maximum Gasteiger partial charge on any atom is 0.474 e. The van der Waals surface area contributed by atoms with Gasteiger partial charge in [-0.05, 0) is 0 Å². The van der Waals surface area contributed by atoms with Gasteiger partial charge in [-0.3, -0.25) is 4.79 Å². The first-order chi connectivity index (χ1) is 3.48. The van der Waals surface area contributed by atoms with Gasteiger partial charge in [-0.1, -0.05) is 0 Å². The van der Waals surface area contributed by atoms with Gasteiger partial charge >= 0.3 is 12.1 Å². The number of rotatable bonds is 0. The van der Waals surface area contributed by atoms with E-state index in [0.29, 0.717) is 0 Å². The third-order valence-corrected chi connectivity index (χ3v) is 0.547. The molecule has 0 aliphatic heterocycles. The Morgan fingerprint density at radius 3 is 1.88 bits per heavy atom. The van der Waals surface area contributed by atoms with Gasteiger partial charge in [0.05, 0.1) is 0 Å². The number of nitrogens with zero attached hydrogens (tertiary/aromatic N) is 1. The van der Waals surface area contributed by atoms with Crippen LogP contribution in [0, 0.1) is 0 Å². The lowest BCUT2D eigenvalue weighted by molar-refractivity contribution is -0.169. The summed E-state index contributed by atoms with van der Waals surface area (Å²) >= 11 is 2.05. The van der Waals surface area contributed by atoms with Gasteiger partial charge in [0.25, 0.3) is 0 Å². The highest BCUT2D eigenvalue weighted by Gasteiger charge is 2.37. The van der Waals surface area contributed by atoms with Crippen molar-refractivity contribution in [3.8, 4) is 0 Å². The summed E-state index contributed by atoms with van der Waals surface area (Å²) in [6.45, 7) is 0. The smallest absolute Gasteiger partial charge is 0.261 e. The second kappa shape index (κ2) is 2.25. The van der Waals surface area contributed by atoms with Gasteiger partial charge < -0.3 is 0 Å². The summed E-state index contributed by atoms with van der Waals surface area (Å²) in [5.41, 5.74) is 0. The fraction of sp³-hybridized carbons (Fsp3) is 0.500. The molecule has 0 bridgehead atoms. The zero-order valence-corrected chi connectivity index (χ0v) is 4.49. The van der Waals surface area contributed by atoms with Crippen molar-refractivity contribution in [3.63, 3.8) is 0 Å². The number of carbonyl (C=O) groups is 1. The molecule has 6 heteroatoms. The van der Waals surface area contributed by atoms with E-state index in [9.17, 15) is 18.0 Å². The molecule has 0 atom stereocenters. The standard InChI is InChI=1S/C2H2F3NOS/c3-2(4,5)1(7)6-8/h8H2. The highest BCUT2D eigenvalue weighted by Crippen LogP contribution is 2.15. The molecule has 48 valence electrons. The van der Waals surface area contributed by atoms with Crippen molar-refractivity contribution in [2.24, 2.45) is 4.36 Å². The number of hydrogen-bond donors (Lipinski definition) is 0. The first kappa shape index (κ1) is 7.61. The van der Waals surface area contributed by atoms with E-state index in [1.165, 1.54) is 0 Å². The van der Waals surface area contributed by atoms with Gasteiger partial charge in [0.2, 0.25) is 0 Å². The summed E-state index contributed by atoms with van der Waals surface area (Å²) in [4.78, 5) is 9.49.